The minimum Gasteiger partial charge on any atom is -0.370 e. The number of nitrogens with two attached hydrogens (primary N) is 1. The van der Waals surface area contributed by atoms with Crippen molar-refractivity contribution >= 4 is 23.2 Å². The van der Waals surface area contributed by atoms with Crippen LogP contribution in [0.2, 0.25) is 5.02 Å². The number of para-hydroxylation sites is 1. The average molecular weight is 184 g/mol. The highest BCUT2D eigenvalue weighted by Gasteiger charge is 1.97. The van der Waals surface area contributed by atoms with Gasteiger partial charge >= 0.3 is 0 Å². The summed E-state index contributed by atoms with van der Waals surface area (Å²) in [6, 6.07) is 7.34. The van der Waals surface area contributed by atoms with Crippen molar-refractivity contribution < 1.29 is 0 Å². The van der Waals surface area contributed by atoms with Gasteiger partial charge in [-0.3, -0.25) is 4.99 Å². The average Bonchev–Trinajstić information content (AvgIpc) is 2.09. The normalized spacial score (nSPS) is 11.3. The fourth-order valence-electron chi connectivity index (χ4n) is 0.756. The van der Waals surface area contributed by atoms with Crippen molar-refractivity contribution in [3.8, 4) is 0 Å². The summed E-state index contributed by atoms with van der Waals surface area (Å²) in [5.74, 6) is 0.350. The van der Waals surface area contributed by atoms with Gasteiger partial charge in [-0.2, -0.15) is 0 Å². The van der Waals surface area contributed by atoms with Gasteiger partial charge in [-0.15, -0.1) is 0 Å². The molecule has 1 aromatic rings. The van der Waals surface area contributed by atoms with Crippen LogP contribution in [-0.2, 0) is 0 Å². The van der Waals surface area contributed by atoms with Gasteiger partial charge in [-0.05, 0) is 12.1 Å². The number of benzene rings is 1. The molecule has 1 rings (SSSR count). The van der Waals surface area contributed by atoms with E-state index in [1.807, 2.05) is 18.2 Å². The molecule has 0 aliphatic carbocycles. The second kappa shape index (κ2) is 3.97. The molecule has 0 saturated carbocycles. The Kier molecular flexibility index (Phi) is 2.94. The number of nitrogens with zero attached hydrogens (tertiary/aromatic N) is 1. The summed E-state index contributed by atoms with van der Waals surface area (Å²) in [4.78, 5) is 3.75. The number of hydrogen-bond acceptors (Lipinski definition) is 1. The molecule has 3 N–H and O–H groups in total. The van der Waals surface area contributed by atoms with Crippen LogP contribution >= 0.6 is 11.6 Å². The van der Waals surface area contributed by atoms with Gasteiger partial charge in [0.2, 0.25) is 0 Å². The van der Waals surface area contributed by atoms with Crippen molar-refractivity contribution in [2.45, 2.75) is 0 Å². The molecule has 12 heavy (non-hydrogen) atoms. The molecule has 64 valence electrons. The van der Waals surface area contributed by atoms with E-state index in [0.29, 0.717) is 11.0 Å². The lowest BCUT2D eigenvalue weighted by Gasteiger charge is -2.05. The predicted molar refractivity (Wildman–Crippen MR) is 52.6 cm³/mol. The van der Waals surface area contributed by atoms with Gasteiger partial charge in [0.15, 0.2) is 5.96 Å². The summed E-state index contributed by atoms with van der Waals surface area (Å²) in [6.45, 7) is 0. The third-order valence-electron chi connectivity index (χ3n) is 1.38. The summed E-state index contributed by atoms with van der Waals surface area (Å²) in [6.07, 6.45) is 0. The Balaban J connectivity index is 2.82. The van der Waals surface area contributed by atoms with Crippen LogP contribution < -0.4 is 11.1 Å². The van der Waals surface area contributed by atoms with Crippen molar-refractivity contribution in [2.75, 3.05) is 12.4 Å². The lowest BCUT2D eigenvalue weighted by molar-refractivity contribution is 1.38. The highest BCUT2D eigenvalue weighted by Crippen LogP contribution is 2.19. The molecule has 3 nitrogen and oxygen atoms in total. The Morgan fingerprint density at radius 1 is 1.50 bits per heavy atom. The predicted octanol–water partition coefficient (Wildman–Crippen LogP) is 1.70. The fraction of sp³-hybridized carbons (Fsp3) is 0.125. The number of anilines is 1. The SMILES string of the molecule is CN=C(N)Nc1ccccc1Cl. The Morgan fingerprint density at radius 3 is 2.75 bits per heavy atom. The topological polar surface area (TPSA) is 50.4 Å². The number of aliphatic imine (C=N–C) groups is 1. The number of rotatable bonds is 1. The Labute approximate surface area is 76.2 Å². The van der Waals surface area contributed by atoms with Crippen LogP contribution in [0.15, 0.2) is 29.3 Å². The van der Waals surface area contributed by atoms with Crippen LogP contribution in [0.4, 0.5) is 5.69 Å². The summed E-state index contributed by atoms with van der Waals surface area (Å²) >= 11 is 5.85. The van der Waals surface area contributed by atoms with Crippen molar-refractivity contribution in [3.05, 3.63) is 29.3 Å². The molecule has 0 unspecified atom stereocenters. The highest BCUT2D eigenvalue weighted by molar-refractivity contribution is 6.33. The van der Waals surface area contributed by atoms with Crippen LogP contribution in [0.3, 0.4) is 0 Å². The first kappa shape index (κ1) is 8.87. The van der Waals surface area contributed by atoms with E-state index in [0.717, 1.165) is 5.69 Å². The van der Waals surface area contributed by atoms with E-state index in [1.54, 1.807) is 13.1 Å². The first-order valence-corrected chi connectivity index (χ1v) is 3.85. The largest absolute Gasteiger partial charge is 0.370 e. The second-order valence-electron chi connectivity index (χ2n) is 2.21. The van der Waals surface area contributed by atoms with Gasteiger partial charge in [0.05, 0.1) is 10.7 Å². The molecule has 0 fully saturated rings. The maximum atomic E-state index is 5.85. The van der Waals surface area contributed by atoms with E-state index in [2.05, 4.69) is 10.3 Å². The van der Waals surface area contributed by atoms with Gasteiger partial charge in [-0.1, -0.05) is 23.7 Å². The van der Waals surface area contributed by atoms with Crippen molar-refractivity contribution in [1.82, 2.24) is 0 Å². The first-order valence-electron chi connectivity index (χ1n) is 3.48. The molecule has 0 aliphatic rings. The van der Waals surface area contributed by atoms with Crippen LogP contribution in [0.5, 0.6) is 0 Å². The van der Waals surface area contributed by atoms with Gasteiger partial charge in [-0.25, -0.2) is 0 Å². The fourth-order valence-corrected chi connectivity index (χ4v) is 0.939. The zero-order chi connectivity index (χ0) is 8.97. The van der Waals surface area contributed by atoms with E-state index >= 15 is 0 Å². The Morgan fingerprint density at radius 2 is 2.17 bits per heavy atom. The number of hydrogen-bond donors (Lipinski definition) is 2. The molecule has 0 aromatic heterocycles. The summed E-state index contributed by atoms with van der Waals surface area (Å²) < 4.78 is 0. The number of guanidine groups is 1. The van der Waals surface area contributed by atoms with E-state index < -0.39 is 0 Å². The molecule has 0 saturated heterocycles. The van der Waals surface area contributed by atoms with Crippen LogP contribution in [0.25, 0.3) is 0 Å². The van der Waals surface area contributed by atoms with E-state index in [4.69, 9.17) is 17.3 Å². The maximum Gasteiger partial charge on any atom is 0.192 e. The van der Waals surface area contributed by atoms with Gasteiger partial charge in [0.25, 0.3) is 0 Å². The van der Waals surface area contributed by atoms with Crippen LogP contribution in [-0.4, -0.2) is 13.0 Å². The summed E-state index contributed by atoms with van der Waals surface area (Å²) in [5.41, 5.74) is 6.22. The van der Waals surface area contributed by atoms with Crippen molar-refractivity contribution in [2.24, 2.45) is 10.7 Å². The molecule has 0 spiro atoms. The van der Waals surface area contributed by atoms with Gasteiger partial charge in [0, 0.05) is 7.05 Å². The lowest BCUT2D eigenvalue weighted by atomic mass is 10.3. The molecular weight excluding hydrogens is 174 g/mol. The molecule has 4 heteroatoms. The molecule has 0 radical (unpaired) electrons. The molecule has 0 heterocycles. The standard InChI is InChI=1S/C8H10ClN3/c1-11-8(10)12-7-5-3-2-4-6(7)9/h2-5H,1H3,(H3,10,11,12). The third-order valence-corrected chi connectivity index (χ3v) is 1.71. The van der Waals surface area contributed by atoms with E-state index in [9.17, 15) is 0 Å². The van der Waals surface area contributed by atoms with Crippen molar-refractivity contribution in [3.63, 3.8) is 0 Å². The minimum absolute atomic E-state index is 0.350. The number of halogens is 1. The summed E-state index contributed by atoms with van der Waals surface area (Å²) in [5, 5.41) is 3.48. The van der Waals surface area contributed by atoms with Gasteiger partial charge in [0.1, 0.15) is 0 Å². The monoisotopic (exact) mass is 183 g/mol. The maximum absolute atomic E-state index is 5.85. The smallest absolute Gasteiger partial charge is 0.192 e. The molecule has 0 bridgehead atoms. The van der Waals surface area contributed by atoms with E-state index in [1.165, 1.54) is 0 Å². The zero-order valence-corrected chi connectivity index (χ0v) is 7.47. The minimum atomic E-state index is 0.350. The molecule has 1 aromatic carbocycles. The molecule has 0 aliphatic heterocycles. The third kappa shape index (κ3) is 2.13. The van der Waals surface area contributed by atoms with Gasteiger partial charge < -0.3 is 11.1 Å². The Hall–Kier alpha value is -1.22. The molecule has 0 atom stereocenters. The second-order valence-corrected chi connectivity index (χ2v) is 2.62. The first-order chi connectivity index (χ1) is 5.74. The van der Waals surface area contributed by atoms with Crippen molar-refractivity contribution in [1.29, 1.82) is 0 Å². The Bertz CT molecular complexity index is 296. The van der Waals surface area contributed by atoms with E-state index in [-0.39, 0.29) is 0 Å². The van der Waals surface area contributed by atoms with Crippen LogP contribution in [0.1, 0.15) is 0 Å². The quantitative estimate of drug-likeness (QED) is 0.514. The zero-order valence-electron chi connectivity index (χ0n) is 6.71. The highest BCUT2D eigenvalue weighted by atomic mass is 35.5. The molecule has 0 amide bonds. The number of nitrogens with one attached hydrogen (secondary N) is 1. The molecular formula is C8H10ClN3. The lowest BCUT2D eigenvalue weighted by Crippen LogP contribution is -2.22. The summed E-state index contributed by atoms with van der Waals surface area (Å²) in [7, 11) is 1.61. The van der Waals surface area contributed by atoms with Crippen LogP contribution in [0, 0.1) is 0 Å².